The van der Waals surface area contributed by atoms with E-state index in [1.807, 2.05) is 26.0 Å². The Morgan fingerprint density at radius 2 is 2.00 bits per heavy atom. The van der Waals surface area contributed by atoms with Crippen LogP contribution in [0.5, 0.6) is 11.5 Å². The summed E-state index contributed by atoms with van der Waals surface area (Å²) in [6, 6.07) is 10.5. The summed E-state index contributed by atoms with van der Waals surface area (Å²) < 4.78 is 10.9. The fraction of sp³-hybridized carbons (Fsp3) is 0.222. The molecule has 0 aliphatic rings. The molecule has 0 bridgehead atoms. The first-order valence-corrected chi connectivity index (χ1v) is 7.92. The molecule has 24 heavy (non-hydrogen) atoms. The molecule has 6 heteroatoms. The van der Waals surface area contributed by atoms with E-state index >= 15 is 0 Å². The van der Waals surface area contributed by atoms with E-state index in [4.69, 9.17) is 20.9 Å². The number of hydrogen-bond acceptors (Lipinski definition) is 5. The molecular weight excluding hydrogens is 328 g/mol. The van der Waals surface area contributed by atoms with Crippen molar-refractivity contribution in [2.75, 3.05) is 0 Å². The number of phenolic OH excluding ortho intramolecular Hbond substituents is 1. The van der Waals surface area contributed by atoms with Crippen LogP contribution in [0.15, 0.2) is 40.9 Å². The van der Waals surface area contributed by atoms with Crippen molar-refractivity contribution in [1.82, 2.24) is 10.1 Å². The fourth-order valence-corrected chi connectivity index (χ4v) is 2.52. The molecule has 0 saturated heterocycles. The van der Waals surface area contributed by atoms with Crippen LogP contribution in [0.3, 0.4) is 0 Å². The number of halogens is 1. The first-order chi connectivity index (χ1) is 11.5. The third-order valence-electron chi connectivity index (χ3n) is 3.51. The molecule has 0 amide bonds. The van der Waals surface area contributed by atoms with Crippen molar-refractivity contribution >= 4 is 11.6 Å². The smallest absolute Gasteiger partial charge is 0.258 e. The predicted octanol–water partition coefficient (Wildman–Crippen LogP) is 4.86. The van der Waals surface area contributed by atoms with Gasteiger partial charge in [0.15, 0.2) is 0 Å². The van der Waals surface area contributed by atoms with Crippen molar-refractivity contribution in [2.45, 2.75) is 26.9 Å². The van der Waals surface area contributed by atoms with Gasteiger partial charge in [0.25, 0.3) is 5.89 Å². The van der Waals surface area contributed by atoms with Crippen LogP contribution in [-0.4, -0.2) is 21.4 Å². The standard InChI is InChI=1S/C18H17ClN2O3/c1-10(2)23-16-8-7-12(9-14(16)19)17-20-18(24-21-17)13-5-4-6-15(22)11(13)3/h4-10,22H,1-3H3. The number of benzene rings is 2. The third kappa shape index (κ3) is 3.21. The first kappa shape index (κ1) is 16.3. The molecule has 0 atom stereocenters. The van der Waals surface area contributed by atoms with Crippen LogP contribution in [0, 0.1) is 6.92 Å². The fourth-order valence-electron chi connectivity index (χ4n) is 2.29. The van der Waals surface area contributed by atoms with E-state index in [0.29, 0.717) is 33.6 Å². The molecule has 1 aromatic heterocycles. The SMILES string of the molecule is Cc1c(O)cccc1-c1nc(-c2ccc(OC(C)C)c(Cl)c2)no1. The van der Waals surface area contributed by atoms with Crippen molar-refractivity contribution in [2.24, 2.45) is 0 Å². The van der Waals surface area contributed by atoms with Gasteiger partial charge in [-0.25, -0.2) is 0 Å². The van der Waals surface area contributed by atoms with Gasteiger partial charge in [0, 0.05) is 16.7 Å². The molecule has 0 radical (unpaired) electrons. The van der Waals surface area contributed by atoms with E-state index in [1.54, 1.807) is 31.2 Å². The van der Waals surface area contributed by atoms with Crippen LogP contribution in [0.4, 0.5) is 0 Å². The second-order valence-electron chi connectivity index (χ2n) is 5.68. The zero-order chi connectivity index (χ0) is 17.3. The Morgan fingerprint density at radius 1 is 1.21 bits per heavy atom. The Kier molecular flexibility index (Phi) is 4.44. The molecule has 1 N–H and O–H groups in total. The van der Waals surface area contributed by atoms with Gasteiger partial charge in [-0.05, 0) is 51.1 Å². The molecule has 2 aromatic carbocycles. The third-order valence-corrected chi connectivity index (χ3v) is 3.81. The highest BCUT2D eigenvalue weighted by atomic mass is 35.5. The number of hydrogen-bond donors (Lipinski definition) is 1. The first-order valence-electron chi connectivity index (χ1n) is 7.55. The molecule has 124 valence electrons. The Balaban J connectivity index is 1.93. The summed E-state index contributed by atoms with van der Waals surface area (Å²) in [6.07, 6.45) is 0.0406. The van der Waals surface area contributed by atoms with Crippen LogP contribution in [0.25, 0.3) is 22.8 Å². The minimum atomic E-state index is 0.0406. The Morgan fingerprint density at radius 3 is 2.71 bits per heavy atom. The molecule has 5 nitrogen and oxygen atoms in total. The van der Waals surface area contributed by atoms with Gasteiger partial charge in [-0.15, -0.1) is 0 Å². The minimum absolute atomic E-state index is 0.0406. The van der Waals surface area contributed by atoms with Gasteiger partial charge < -0.3 is 14.4 Å². The number of aromatic hydroxyl groups is 1. The molecule has 0 unspecified atom stereocenters. The molecule has 0 spiro atoms. The van der Waals surface area contributed by atoms with Gasteiger partial charge in [-0.2, -0.15) is 4.98 Å². The van der Waals surface area contributed by atoms with Crippen LogP contribution in [0.1, 0.15) is 19.4 Å². The highest BCUT2D eigenvalue weighted by molar-refractivity contribution is 6.32. The van der Waals surface area contributed by atoms with Crippen molar-refractivity contribution < 1.29 is 14.4 Å². The van der Waals surface area contributed by atoms with Crippen molar-refractivity contribution in [3.63, 3.8) is 0 Å². The van der Waals surface area contributed by atoms with E-state index in [1.165, 1.54) is 0 Å². The number of ether oxygens (including phenoxy) is 1. The van der Waals surface area contributed by atoms with Gasteiger partial charge >= 0.3 is 0 Å². The maximum Gasteiger partial charge on any atom is 0.258 e. The van der Waals surface area contributed by atoms with E-state index in [2.05, 4.69) is 10.1 Å². The second-order valence-corrected chi connectivity index (χ2v) is 6.09. The highest BCUT2D eigenvalue weighted by Gasteiger charge is 2.15. The van der Waals surface area contributed by atoms with Crippen LogP contribution in [0.2, 0.25) is 5.02 Å². The minimum Gasteiger partial charge on any atom is -0.508 e. The summed E-state index contributed by atoms with van der Waals surface area (Å²) >= 11 is 6.25. The average Bonchev–Trinajstić information content (AvgIpc) is 3.01. The summed E-state index contributed by atoms with van der Waals surface area (Å²) in [5.74, 6) is 1.57. The van der Waals surface area contributed by atoms with Crippen molar-refractivity contribution in [3.8, 4) is 34.3 Å². The summed E-state index contributed by atoms with van der Waals surface area (Å²) in [4.78, 5) is 4.40. The van der Waals surface area contributed by atoms with Gasteiger partial charge in [-0.3, -0.25) is 0 Å². The Hall–Kier alpha value is -2.53. The molecule has 3 aromatic rings. The van der Waals surface area contributed by atoms with E-state index in [9.17, 15) is 5.11 Å². The Bertz CT molecular complexity index is 874. The number of aromatic nitrogens is 2. The lowest BCUT2D eigenvalue weighted by molar-refractivity contribution is 0.242. The molecule has 0 fully saturated rings. The predicted molar refractivity (Wildman–Crippen MR) is 92.3 cm³/mol. The van der Waals surface area contributed by atoms with Crippen molar-refractivity contribution in [1.29, 1.82) is 0 Å². The zero-order valence-corrected chi connectivity index (χ0v) is 14.3. The molecule has 3 rings (SSSR count). The average molecular weight is 345 g/mol. The molecular formula is C18H17ClN2O3. The summed E-state index contributed by atoms with van der Waals surface area (Å²) in [5.41, 5.74) is 2.11. The quantitative estimate of drug-likeness (QED) is 0.732. The van der Waals surface area contributed by atoms with Gasteiger partial charge in [0.2, 0.25) is 5.82 Å². The van der Waals surface area contributed by atoms with Crippen LogP contribution < -0.4 is 4.74 Å². The largest absolute Gasteiger partial charge is 0.508 e. The normalized spacial score (nSPS) is 11.0. The highest BCUT2D eigenvalue weighted by Crippen LogP contribution is 2.32. The maximum atomic E-state index is 9.80. The molecule has 0 aliphatic heterocycles. The summed E-state index contributed by atoms with van der Waals surface area (Å²) in [6.45, 7) is 5.67. The van der Waals surface area contributed by atoms with Gasteiger partial charge in [0.05, 0.1) is 11.1 Å². The second kappa shape index (κ2) is 6.53. The molecule has 0 aliphatic carbocycles. The van der Waals surface area contributed by atoms with Crippen LogP contribution >= 0.6 is 11.6 Å². The van der Waals surface area contributed by atoms with E-state index in [0.717, 1.165) is 5.56 Å². The number of phenols is 1. The topological polar surface area (TPSA) is 68.4 Å². The summed E-state index contributed by atoms with van der Waals surface area (Å²) in [7, 11) is 0. The van der Waals surface area contributed by atoms with E-state index in [-0.39, 0.29) is 11.9 Å². The lowest BCUT2D eigenvalue weighted by atomic mass is 10.1. The number of rotatable bonds is 4. The Labute approximate surface area is 144 Å². The zero-order valence-electron chi connectivity index (χ0n) is 13.6. The number of nitrogens with zero attached hydrogens (tertiary/aromatic N) is 2. The lowest BCUT2D eigenvalue weighted by Gasteiger charge is -2.11. The van der Waals surface area contributed by atoms with Gasteiger partial charge in [0.1, 0.15) is 11.5 Å². The molecule has 1 heterocycles. The monoisotopic (exact) mass is 344 g/mol. The van der Waals surface area contributed by atoms with Gasteiger partial charge in [-0.1, -0.05) is 22.8 Å². The van der Waals surface area contributed by atoms with Crippen molar-refractivity contribution in [3.05, 3.63) is 47.0 Å². The maximum absolute atomic E-state index is 9.80. The lowest BCUT2D eigenvalue weighted by Crippen LogP contribution is -2.05. The summed E-state index contributed by atoms with van der Waals surface area (Å²) in [5, 5.41) is 14.3. The van der Waals surface area contributed by atoms with E-state index < -0.39 is 0 Å². The molecule has 0 saturated carbocycles. The van der Waals surface area contributed by atoms with Crippen LogP contribution in [-0.2, 0) is 0 Å².